The van der Waals surface area contributed by atoms with Gasteiger partial charge < -0.3 is 10.1 Å². The van der Waals surface area contributed by atoms with Crippen LogP contribution in [0.5, 0.6) is 5.75 Å². The number of halogens is 2. The van der Waals surface area contributed by atoms with Crippen molar-refractivity contribution in [3.05, 3.63) is 29.8 Å². The molecule has 0 saturated carbocycles. The molecule has 21 heavy (non-hydrogen) atoms. The number of nitrogens with one attached hydrogen (secondary N) is 1. The van der Waals surface area contributed by atoms with Crippen LogP contribution in [0.4, 0.5) is 0 Å². The molecule has 1 aromatic carbocycles. The average Bonchev–Trinajstić information content (AvgIpc) is 2.39. The van der Waals surface area contributed by atoms with E-state index < -0.39 is 0 Å². The molecule has 0 bridgehead atoms. The Balaban J connectivity index is 0.00000200. The number of methoxy groups -OCH3 is 1. The van der Waals surface area contributed by atoms with E-state index in [0.717, 1.165) is 31.9 Å². The zero-order chi connectivity index (χ0) is 13.9. The van der Waals surface area contributed by atoms with Gasteiger partial charge >= 0.3 is 0 Å². The summed E-state index contributed by atoms with van der Waals surface area (Å²) in [5.41, 5.74) is 1.61. The molecule has 5 heteroatoms. The second-order valence-electron chi connectivity index (χ2n) is 6.33. The molecule has 2 rings (SSSR count). The Morgan fingerprint density at radius 3 is 2.00 bits per heavy atom. The number of hydrogen-bond donors (Lipinski definition) is 1. The highest BCUT2D eigenvalue weighted by Gasteiger charge is 2.32. The smallest absolute Gasteiger partial charge is 0.118 e. The fraction of sp³-hybridized carbons (Fsp3) is 0.625. The van der Waals surface area contributed by atoms with E-state index in [1.165, 1.54) is 5.56 Å². The zero-order valence-corrected chi connectivity index (χ0v) is 15.0. The van der Waals surface area contributed by atoms with Gasteiger partial charge in [0.25, 0.3) is 0 Å². The van der Waals surface area contributed by atoms with E-state index in [2.05, 4.69) is 55.3 Å². The molecular weight excluding hydrogens is 307 g/mol. The van der Waals surface area contributed by atoms with Gasteiger partial charge in [0, 0.05) is 32.2 Å². The van der Waals surface area contributed by atoms with Crippen molar-refractivity contribution in [2.75, 3.05) is 33.3 Å². The summed E-state index contributed by atoms with van der Waals surface area (Å²) in [6.07, 6.45) is 0. The summed E-state index contributed by atoms with van der Waals surface area (Å²) in [6.45, 7) is 11.4. The number of piperazine rings is 1. The molecule has 1 aliphatic rings. The molecule has 1 aromatic rings. The van der Waals surface area contributed by atoms with Crippen molar-refractivity contribution in [2.24, 2.45) is 5.41 Å². The summed E-state index contributed by atoms with van der Waals surface area (Å²) in [5, 5.41) is 3.43. The minimum atomic E-state index is 0. The number of ether oxygens (including phenoxy) is 1. The van der Waals surface area contributed by atoms with Gasteiger partial charge in [0.1, 0.15) is 5.75 Å². The molecule has 0 amide bonds. The standard InChI is InChI=1S/C16H26N2O.2ClH/c1-16(2,3)15(18-11-9-17-10-12-18)13-5-7-14(19-4)8-6-13;;/h5-8,15,17H,9-12H2,1-4H3;2*1H/t15-;;/m1../s1. The molecule has 0 radical (unpaired) electrons. The molecule has 1 heterocycles. The van der Waals surface area contributed by atoms with Crippen LogP contribution in [0.15, 0.2) is 24.3 Å². The first kappa shape index (κ1) is 20.5. The second-order valence-corrected chi connectivity index (χ2v) is 6.33. The monoisotopic (exact) mass is 334 g/mol. The highest BCUT2D eigenvalue weighted by atomic mass is 35.5. The van der Waals surface area contributed by atoms with E-state index in [1.807, 2.05) is 0 Å². The lowest BCUT2D eigenvalue weighted by atomic mass is 9.81. The molecule has 0 aliphatic carbocycles. The number of benzene rings is 1. The lowest BCUT2D eigenvalue weighted by Crippen LogP contribution is -2.48. The van der Waals surface area contributed by atoms with Crippen molar-refractivity contribution in [3.63, 3.8) is 0 Å². The Hall–Kier alpha value is -0.480. The Morgan fingerprint density at radius 2 is 1.57 bits per heavy atom. The van der Waals surface area contributed by atoms with Crippen LogP contribution in [-0.4, -0.2) is 38.2 Å². The van der Waals surface area contributed by atoms with Gasteiger partial charge in [-0.1, -0.05) is 32.9 Å². The van der Waals surface area contributed by atoms with Gasteiger partial charge in [-0.25, -0.2) is 0 Å². The van der Waals surface area contributed by atoms with Gasteiger partial charge in [-0.15, -0.1) is 24.8 Å². The summed E-state index contributed by atoms with van der Waals surface area (Å²) < 4.78 is 5.26. The van der Waals surface area contributed by atoms with E-state index >= 15 is 0 Å². The summed E-state index contributed by atoms with van der Waals surface area (Å²) >= 11 is 0. The molecular formula is C16H28Cl2N2O. The van der Waals surface area contributed by atoms with Gasteiger partial charge in [-0.3, -0.25) is 4.90 Å². The number of rotatable bonds is 3. The van der Waals surface area contributed by atoms with Crippen molar-refractivity contribution >= 4 is 24.8 Å². The minimum absolute atomic E-state index is 0. The van der Waals surface area contributed by atoms with Gasteiger partial charge in [0.05, 0.1) is 7.11 Å². The Kier molecular flexibility index (Phi) is 8.64. The molecule has 1 saturated heterocycles. The predicted octanol–water partition coefficient (Wildman–Crippen LogP) is 3.53. The third-order valence-corrected chi connectivity index (χ3v) is 3.77. The molecule has 122 valence electrons. The van der Waals surface area contributed by atoms with E-state index in [-0.39, 0.29) is 30.2 Å². The maximum atomic E-state index is 5.26. The van der Waals surface area contributed by atoms with E-state index in [4.69, 9.17) is 4.74 Å². The quantitative estimate of drug-likeness (QED) is 0.915. The van der Waals surface area contributed by atoms with Crippen LogP contribution in [0.1, 0.15) is 32.4 Å². The van der Waals surface area contributed by atoms with Gasteiger partial charge in [0.15, 0.2) is 0 Å². The van der Waals surface area contributed by atoms with Gasteiger partial charge in [0.2, 0.25) is 0 Å². The predicted molar refractivity (Wildman–Crippen MR) is 94.1 cm³/mol. The maximum absolute atomic E-state index is 5.26. The van der Waals surface area contributed by atoms with Crippen LogP contribution in [0.2, 0.25) is 0 Å². The van der Waals surface area contributed by atoms with Crippen LogP contribution in [-0.2, 0) is 0 Å². The molecule has 3 nitrogen and oxygen atoms in total. The average molecular weight is 335 g/mol. The third-order valence-electron chi connectivity index (χ3n) is 3.77. The van der Waals surface area contributed by atoms with Crippen molar-refractivity contribution in [2.45, 2.75) is 26.8 Å². The highest BCUT2D eigenvalue weighted by molar-refractivity contribution is 5.85. The van der Waals surface area contributed by atoms with Crippen LogP contribution in [0.3, 0.4) is 0 Å². The van der Waals surface area contributed by atoms with E-state index in [0.29, 0.717) is 6.04 Å². The van der Waals surface area contributed by atoms with E-state index in [1.54, 1.807) is 7.11 Å². The fourth-order valence-corrected chi connectivity index (χ4v) is 2.99. The first-order chi connectivity index (χ1) is 9.02. The van der Waals surface area contributed by atoms with Crippen molar-refractivity contribution in [1.29, 1.82) is 0 Å². The van der Waals surface area contributed by atoms with Crippen molar-refractivity contribution < 1.29 is 4.74 Å². The molecule has 1 atom stereocenters. The lowest BCUT2D eigenvalue weighted by molar-refractivity contribution is 0.0862. The van der Waals surface area contributed by atoms with Crippen LogP contribution in [0, 0.1) is 5.41 Å². The summed E-state index contributed by atoms with van der Waals surface area (Å²) in [5.74, 6) is 0.928. The van der Waals surface area contributed by atoms with Crippen molar-refractivity contribution in [1.82, 2.24) is 10.2 Å². The normalized spacial score (nSPS) is 17.3. The lowest BCUT2D eigenvalue weighted by Gasteiger charge is -2.42. The molecule has 1 fully saturated rings. The van der Waals surface area contributed by atoms with Crippen LogP contribution in [0.25, 0.3) is 0 Å². The fourth-order valence-electron chi connectivity index (χ4n) is 2.99. The summed E-state index contributed by atoms with van der Waals surface area (Å²) in [4.78, 5) is 2.60. The number of hydrogen-bond acceptors (Lipinski definition) is 3. The minimum Gasteiger partial charge on any atom is -0.497 e. The third kappa shape index (κ3) is 5.33. The van der Waals surface area contributed by atoms with Crippen molar-refractivity contribution in [3.8, 4) is 5.75 Å². The second kappa shape index (κ2) is 8.84. The highest BCUT2D eigenvalue weighted by Crippen LogP contribution is 2.38. The molecule has 1 N–H and O–H groups in total. The Labute approximate surface area is 141 Å². The number of nitrogens with zero attached hydrogens (tertiary/aromatic N) is 1. The van der Waals surface area contributed by atoms with Gasteiger partial charge in [-0.2, -0.15) is 0 Å². The first-order valence-corrected chi connectivity index (χ1v) is 7.11. The zero-order valence-electron chi connectivity index (χ0n) is 13.4. The Bertz CT molecular complexity index is 398. The van der Waals surface area contributed by atoms with Gasteiger partial charge in [-0.05, 0) is 23.1 Å². The largest absolute Gasteiger partial charge is 0.497 e. The molecule has 0 unspecified atom stereocenters. The maximum Gasteiger partial charge on any atom is 0.118 e. The van der Waals surface area contributed by atoms with Crippen LogP contribution >= 0.6 is 24.8 Å². The first-order valence-electron chi connectivity index (χ1n) is 7.11. The molecule has 1 aliphatic heterocycles. The molecule has 0 aromatic heterocycles. The van der Waals surface area contributed by atoms with Crippen LogP contribution < -0.4 is 10.1 Å². The Morgan fingerprint density at radius 1 is 1.05 bits per heavy atom. The van der Waals surface area contributed by atoms with E-state index in [9.17, 15) is 0 Å². The summed E-state index contributed by atoms with van der Waals surface area (Å²) in [7, 11) is 1.71. The summed E-state index contributed by atoms with van der Waals surface area (Å²) in [6, 6.07) is 9.00. The SMILES string of the molecule is COc1ccc([C@@H](N2CCNCC2)C(C)(C)C)cc1.Cl.Cl. The molecule has 0 spiro atoms. The topological polar surface area (TPSA) is 24.5 Å².